The van der Waals surface area contributed by atoms with Gasteiger partial charge in [-0.3, -0.25) is 9.59 Å². The minimum atomic E-state index is -0.139. The van der Waals surface area contributed by atoms with Crippen LogP contribution in [0.4, 0.5) is 5.69 Å². The molecule has 2 rings (SSSR count). The van der Waals surface area contributed by atoms with Crippen molar-refractivity contribution in [2.24, 2.45) is 0 Å². The van der Waals surface area contributed by atoms with E-state index in [0.29, 0.717) is 16.3 Å². The fourth-order valence-corrected chi connectivity index (χ4v) is 1.88. The van der Waals surface area contributed by atoms with Crippen molar-refractivity contribution in [3.05, 3.63) is 28.8 Å². The van der Waals surface area contributed by atoms with Gasteiger partial charge in [-0.25, -0.2) is 0 Å². The highest BCUT2D eigenvalue weighted by atomic mass is 35.5. The smallest absolute Gasteiger partial charge is 0.224 e. The lowest BCUT2D eigenvalue weighted by Crippen LogP contribution is -2.27. The van der Waals surface area contributed by atoms with Gasteiger partial charge in [0.15, 0.2) is 5.78 Å². The first-order valence-electron chi connectivity index (χ1n) is 4.21. The molecule has 0 bridgehead atoms. The summed E-state index contributed by atoms with van der Waals surface area (Å²) in [5.74, 6) is -0.236. The van der Waals surface area contributed by atoms with Crippen LogP contribution >= 0.6 is 11.6 Å². The lowest BCUT2D eigenvalue weighted by molar-refractivity contribution is -0.116. The molecule has 0 atom stereocenters. The second-order valence-corrected chi connectivity index (χ2v) is 3.57. The van der Waals surface area contributed by atoms with Crippen molar-refractivity contribution in [3.63, 3.8) is 0 Å². The molecule has 14 heavy (non-hydrogen) atoms. The summed E-state index contributed by atoms with van der Waals surface area (Å²) in [7, 11) is 0. The Balaban J connectivity index is 2.60. The molecular formula is C10H8ClNO2. The number of carbonyl (C=O) groups excluding carboxylic acids is 2. The van der Waals surface area contributed by atoms with Gasteiger partial charge in [0.1, 0.15) is 0 Å². The van der Waals surface area contributed by atoms with Gasteiger partial charge >= 0.3 is 0 Å². The van der Waals surface area contributed by atoms with Crippen molar-refractivity contribution in [1.29, 1.82) is 0 Å². The van der Waals surface area contributed by atoms with Gasteiger partial charge < -0.3 is 4.90 Å². The molecule has 0 spiro atoms. The van der Waals surface area contributed by atoms with Gasteiger partial charge in [-0.15, -0.1) is 0 Å². The molecule has 1 amide bonds. The molecule has 1 aliphatic rings. The van der Waals surface area contributed by atoms with Gasteiger partial charge in [-0.1, -0.05) is 17.7 Å². The molecule has 0 unspecified atom stereocenters. The fourth-order valence-electron chi connectivity index (χ4n) is 1.60. The fraction of sp³-hybridized carbons (Fsp3) is 0.200. The Morgan fingerprint density at radius 3 is 2.86 bits per heavy atom. The van der Waals surface area contributed by atoms with Gasteiger partial charge in [0.25, 0.3) is 0 Å². The van der Waals surface area contributed by atoms with Crippen molar-refractivity contribution in [2.45, 2.75) is 6.92 Å². The van der Waals surface area contributed by atoms with Crippen LogP contribution in [0.15, 0.2) is 18.2 Å². The summed E-state index contributed by atoms with van der Waals surface area (Å²) in [4.78, 5) is 24.2. The number of Topliss-reactive ketones (excluding diaryl/α,β-unsaturated/α-hetero) is 1. The van der Waals surface area contributed by atoms with Crippen molar-refractivity contribution in [1.82, 2.24) is 0 Å². The van der Waals surface area contributed by atoms with Crippen LogP contribution in [0.1, 0.15) is 17.3 Å². The SMILES string of the molecule is CC(=O)N1CC(=O)c2c(Cl)cccc21. The van der Waals surface area contributed by atoms with Crippen LogP contribution in [-0.2, 0) is 4.79 Å². The van der Waals surface area contributed by atoms with Crippen LogP contribution < -0.4 is 4.90 Å². The summed E-state index contributed by atoms with van der Waals surface area (Å²) < 4.78 is 0. The molecule has 0 N–H and O–H groups in total. The first kappa shape index (κ1) is 9.21. The van der Waals surface area contributed by atoms with E-state index in [9.17, 15) is 9.59 Å². The lowest BCUT2D eigenvalue weighted by atomic mass is 10.1. The molecule has 0 aromatic heterocycles. The molecule has 0 fully saturated rings. The second-order valence-electron chi connectivity index (χ2n) is 3.16. The lowest BCUT2D eigenvalue weighted by Gasteiger charge is -2.12. The van der Waals surface area contributed by atoms with Crippen LogP contribution in [0.25, 0.3) is 0 Å². The molecule has 4 heteroatoms. The minimum Gasteiger partial charge on any atom is -0.304 e. The van der Waals surface area contributed by atoms with Crippen LogP contribution in [-0.4, -0.2) is 18.2 Å². The van der Waals surface area contributed by atoms with E-state index in [2.05, 4.69) is 0 Å². The van der Waals surface area contributed by atoms with Gasteiger partial charge in [0, 0.05) is 6.92 Å². The van der Waals surface area contributed by atoms with Gasteiger partial charge in [0.2, 0.25) is 5.91 Å². The number of nitrogens with zero attached hydrogens (tertiary/aromatic N) is 1. The Kier molecular flexibility index (Phi) is 2.04. The largest absolute Gasteiger partial charge is 0.304 e. The molecule has 0 saturated heterocycles. The third-order valence-electron chi connectivity index (χ3n) is 2.24. The number of hydrogen-bond donors (Lipinski definition) is 0. The van der Waals surface area contributed by atoms with Crippen molar-refractivity contribution < 1.29 is 9.59 Å². The van der Waals surface area contributed by atoms with E-state index < -0.39 is 0 Å². The molecule has 1 heterocycles. The predicted octanol–water partition coefficient (Wildman–Crippen LogP) is 1.89. The molecule has 0 radical (unpaired) electrons. The molecule has 1 aromatic carbocycles. The molecular weight excluding hydrogens is 202 g/mol. The molecule has 3 nitrogen and oxygen atoms in total. The van der Waals surface area contributed by atoms with Crippen LogP contribution in [0.5, 0.6) is 0 Å². The van der Waals surface area contributed by atoms with E-state index in [1.54, 1.807) is 18.2 Å². The van der Waals surface area contributed by atoms with Crippen molar-refractivity contribution in [2.75, 3.05) is 11.4 Å². The van der Waals surface area contributed by atoms with Crippen molar-refractivity contribution >= 4 is 29.0 Å². The highest BCUT2D eigenvalue weighted by molar-refractivity contribution is 6.36. The number of carbonyl (C=O) groups is 2. The predicted molar refractivity (Wildman–Crippen MR) is 53.8 cm³/mol. The van der Waals surface area contributed by atoms with Crippen molar-refractivity contribution in [3.8, 4) is 0 Å². The molecule has 1 aromatic rings. The van der Waals surface area contributed by atoms with Crippen LogP contribution in [0, 0.1) is 0 Å². The zero-order valence-electron chi connectivity index (χ0n) is 7.58. The number of halogens is 1. The topological polar surface area (TPSA) is 37.4 Å². The van der Waals surface area contributed by atoms with E-state index in [-0.39, 0.29) is 18.2 Å². The average molecular weight is 210 g/mol. The Hall–Kier alpha value is -1.35. The summed E-state index contributed by atoms with van der Waals surface area (Å²) in [6.45, 7) is 1.54. The molecule has 0 aliphatic carbocycles. The highest BCUT2D eigenvalue weighted by Gasteiger charge is 2.30. The van der Waals surface area contributed by atoms with E-state index in [1.807, 2.05) is 0 Å². The summed E-state index contributed by atoms with van der Waals surface area (Å²) in [6, 6.07) is 5.12. The maximum Gasteiger partial charge on any atom is 0.224 e. The molecule has 72 valence electrons. The number of hydrogen-bond acceptors (Lipinski definition) is 2. The number of benzene rings is 1. The van der Waals surface area contributed by atoms with Crippen LogP contribution in [0.3, 0.4) is 0 Å². The average Bonchev–Trinajstić information content (AvgIpc) is 2.45. The Morgan fingerprint density at radius 1 is 1.50 bits per heavy atom. The third-order valence-corrected chi connectivity index (χ3v) is 2.56. The number of ketones is 1. The summed E-state index contributed by atoms with van der Waals surface area (Å²) in [6.07, 6.45) is 0. The summed E-state index contributed by atoms with van der Waals surface area (Å²) in [5, 5.41) is 0.413. The monoisotopic (exact) mass is 209 g/mol. The summed E-state index contributed by atoms with van der Waals surface area (Å²) >= 11 is 5.88. The van der Waals surface area contributed by atoms with E-state index in [4.69, 9.17) is 11.6 Å². The first-order chi connectivity index (χ1) is 6.61. The molecule has 0 saturated carbocycles. The number of rotatable bonds is 0. The zero-order chi connectivity index (χ0) is 10.3. The first-order valence-corrected chi connectivity index (χ1v) is 4.59. The Morgan fingerprint density at radius 2 is 2.21 bits per heavy atom. The van der Waals surface area contributed by atoms with Gasteiger partial charge in [-0.2, -0.15) is 0 Å². The van der Waals surface area contributed by atoms with E-state index in [1.165, 1.54) is 11.8 Å². The quantitative estimate of drug-likeness (QED) is 0.655. The van der Waals surface area contributed by atoms with Gasteiger partial charge in [0.05, 0.1) is 22.8 Å². The third kappa shape index (κ3) is 1.21. The highest BCUT2D eigenvalue weighted by Crippen LogP contribution is 2.33. The minimum absolute atomic E-state index is 0.0965. The van der Waals surface area contributed by atoms with E-state index >= 15 is 0 Å². The summed E-state index contributed by atoms with van der Waals surface area (Å²) in [5.41, 5.74) is 1.08. The van der Waals surface area contributed by atoms with Crippen LogP contribution in [0.2, 0.25) is 5.02 Å². The standard InChI is InChI=1S/C10H8ClNO2/c1-6(13)12-5-9(14)10-7(11)3-2-4-8(10)12/h2-4H,5H2,1H3. The zero-order valence-corrected chi connectivity index (χ0v) is 8.34. The number of fused-ring (bicyclic) bond motifs is 1. The maximum atomic E-state index is 11.5. The number of anilines is 1. The Bertz CT molecular complexity index is 428. The normalized spacial score (nSPS) is 14.4. The second kappa shape index (κ2) is 3.10. The van der Waals surface area contributed by atoms with Gasteiger partial charge in [-0.05, 0) is 12.1 Å². The molecule has 1 aliphatic heterocycles. The number of amides is 1. The van der Waals surface area contributed by atoms with E-state index in [0.717, 1.165) is 0 Å². The maximum absolute atomic E-state index is 11.5. The Labute approximate surface area is 86.3 Å².